The molecule has 0 saturated carbocycles. The minimum atomic E-state index is -0.734. The number of hydrogen-bond donors (Lipinski definition) is 1. The molecule has 1 aliphatic rings. The maximum absolute atomic E-state index is 10.8. The van der Waals surface area contributed by atoms with Crippen molar-refractivity contribution in [1.29, 1.82) is 0 Å². The van der Waals surface area contributed by atoms with Crippen molar-refractivity contribution in [2.45, 2.75) is 20.3 Å². The van der Waals surface area contributed by atoms with Crippen molar-refractivity contribution in [2.24, 2.45) is 5.92 Å². The smallest absolute Gasteiger partial charge is 0.331 e. The van der Waals surface area contributed by atoms with Gasteiger partial charge in [0.15, 0.2) is 0 Å². The summed E-state index contributed by atoms with van der Waals surface area (Å²) < 4.78 is 0. The summed E-state index contributed by atoms with van der Waals surface area (Å²) in [6, 6.07) is 0. The predicted octanol–water partition coefficient (Wildman–Crippen LogP) is 2.16. The Bertz CT molecular complexity index is 221. The molecule has 1 aliphatic heterocycles. The van der Waals surface area contributed by atoms with E-state index in [9.17, 15) is 4.79 Å². The topological polar surface area (TPSA) is 37.3 Å². The van der Waals surface area contributed by atoms with Crippen molar-refractivity contribution in [3.63, 3.8) is 0 Å². The van der Waals surface area contributed by atoms with Gasteiger partial charge in [0.1, 0.15) is 0 Å². The van der Waals surface area contributed by atoms with Crippen molar-refractivity contribution < 1.29 is 9.90 Å². The minimum absolute atomic E-state index is 0.459. The molecule has 1 N–H and O–H groups in total. The molecule has 0 radical (unpaired) electrons. The van der Waals surface area contributed by atoms with Crippen molar-refractivity contribution in [2.75, 3.05) is 11.5 Å². The third-order valence-corrected chi connectivity index (χ3v) is 3.47. The van der Waals surface area contributed by atoms with Crippen molar-refractivity contribution in [3.8, 4) is 0 Å². The molecular weight excluding hydrogens is 172 g/mol. The Kier molecular flexibility index (Phi) is 3.20. The zero-order chi connectivity index (χ0) is 9.14. The average molecular weight is 186 g/mol. The fourth-order valence-electron chi connectivity index (χ4n) is 1.49. The van der Waals surface area contributed by atoms with E-state index in [4.69, 9.17) is 5.11 Å². The molecule has 3 heteroatoms. The lowest BCUT2D eigenvalue weighted by Gasteiger charge is -2.07. The van der Waals surface area contributed by atoms with Crippen LogP contribution in [0.2, 0.25) is 0 Å². The van der Waals surface area contributed by atoms with Crippen LogP contribution in [0.5, 0.6) is 0 Å². The molecule has 0 aromatic carbocycles. The molecule has 1 unspecified atom stereocenters. The molecule has 0 bridgehead atoms. The standard InChI is InChI=1S/C9H14O2S/c1-3-7(9(10)11)8-5-12-4-6(8)2/h6H,3-5H2,1-2H3,(H,10,11)/b8-7-. The van der Waals surface area contributed by atoms with Crippen LogP contribution in [0.3, 0.4) is 0 Å². The minimum Gasteiger partial charge on any atom is -0.478 e. The number of thioether (sulfide) groups is 1. The van der Waals surface area contributed by atoms with E-state index < -0.39 is 5.97 Å². The fourth-order valence-corrected chi connectivity index (χ4v) is 2.84. The van der Waals surface area contributed by atoms with Crippen LogP contribution in [-0.4, -0.2) is 22.6 Å². The van der Waals surface area contributed by atoms with Crippen LogP contribution in [0.4, 0.5) is 0 Å². The van der Waals surface area contributed by atoms with Crippen molar-refractivity contribution in [3.05, 3.63) is 11.1 Å². The second-order valence-electron chi connectivity index (χ2n) is 3.08. The van der Waals surface area contributed by atoms with Gasteiger partial charge in [0.2, 0.25) is 0 Å². The van der Waals surface area contributed by atoms with Crippen LogP contribution in [-0.2, 0) is 4.79 Å². The van der Waals surface area contributed by atoms with E-state index in [1.165, 1.54) is 0 Å². The highest BCUT2D eigenvalue weighted by atomic mass is 32.2. The van der Waals surface area contributed by atoms with E-state index in [2.05, 4.69) is 6.92 Å². The highest BCUT2D eigenvalue weighted by Crippen LogP contribution is 2.32. The maximum Gasteiger partial charge on any atom is 0.331 e. The molecule has 0 spiro atoms. The number of rotatable bonds is 2. The highest BCUT2D eigenvalue weighted by molar-refractivity contribution is 7.99. The molecule has 1 saturated heterocycles. The first-order valence-corrected chi connectivity index (χ1v) is 5.35. The molecule has 0 amide bonds. The van der Waals surface area contributed by atoms with Gasteiger partial charge in [-0.15, -0.1) is 0 Å². The van der Waals surface area contributed by atoms with Crippen molar-refractivity contribution >= 4 is 17.7 Å². The van der Waals surface area contributed by atoms with Gasteiger partial charge in [-0.2, -0.15) is 11.8 Å². The fraction of sp³-hybridized carbons (Fsp3) is 0.667. The summed E-state index contributed by atoms with van der Waals surface area (Å²) in [5.74, 6) is 1.71. The van der Waals surface area contributed by atoms with Crippen molar-refractivity contribution in [1.82, 2.24) is 0 Å². The summed E-state index contributed by atoms with van der Waals surface area (Å²) in [4.78, 5) is 10.8. The van der Waals surface area contributed by atoms with Gasteiger partial charge in [0.25, 0.3) is 0 Å². The molecule has 12 heavy (non-hydrogen) atoms. The molecule has 0 aliphatic carbocycles. The van der Waals surface area contributed by atoms with Gasteiger partial charge in [-0.1, -0.05) is 13.8 Å². The van der Waals surface area contributed by atoms with Crippen LogP contribution in [0.1, 0.15) is 20.3 Å². The average Bonchev–Trinajstić information content (AvgIpc) is 2.38. The van der Waals surface area contributed by atoms with Gasteiger partial charge >= 0.3 is 5.97 Å². The third-order valence-electron chi connectivity index (χ3n) is 2.22. The largest absolute Gasteiger partial charge is 0.478 e. The van der Waals surface area contributed by atoms with E-state index in [0.717, 1.165) is 17.1 Å². The van der Waals surface area contributed by atoms with Gasteiger partial charge in [-0.3, -0.25) is 0 Å². The lowest BCUT2D eigenvalue weighted by atomic mass is 9.97. The monoisotopic (exact) mass is 186 g/mol. The number of carbonyl (C=O) groups is 1. The van der Waals surface area contributed by atoms with Gasteiger partial charge in [-0.05, 0) is 23.7 Å². The Hall–Kier alpha value is -0.440. The highest BCUT2D eigenvalue weighted by Gasteiger charge is 2.22. The second-order valence-corrected chi connectivity index (χ2v) is 4.11. The Labute approximate surface area is 77.0 Å². The summed E-state index contributed by atoms with van der Waals surface area (Å²) in [5.41, 5.74) is 1.78. The second kappa shape index (κ2) is 3.99. The first-order chi connectivity index (χ1) is 5.66. The molecule has 1 fully saturated rings. The maximum atomic E-state index is 10.8. The Morgan fingerprint density at radius 3 is 2.75 bits per heavy atom. The van der Waals surface area contributed by atoms with Gasteiger partial charge < -0.3 is 5.11 Å². The van der Waals surface area contributed by atoms with Crippen LogP contribution < -0.4 is 0 Å². The van der Waals surface area contributed by atoms with Gasteiger partial charge in [0.05, 0.1) is 0 Å². The third kappa shape index (κ3) is 1.83. The molecule has 2 nitrogen and oxygen atoms in total. The number of hydrogen-bond acceptors (Lipinski definition) is 2. The summed E-state index contributed by atoms with van der Waals surface area (Å²) >= 11 is 1.83. The molecule has 1 rings (SSSR count). The van der Waals surface area contributed by atoms with E-state index in [0.29, 0.717) is 17.9 Å². The van der Waals surface area contributed by atoms with Crippen LogP contribution >= 0.6 is 11.8 Å². The van der Waals surface area contributed by atoms with E-state index in [1.807, 2.05) is 18.7 Å². The van der Waals surface area contributed by atoms with Crippen LogP contribution in [0.15, 0.2) is 11.1 Å². The summed E-state index contributed by atoms with van der Waals surface area (Å²) in [7, 11) is 0. The Balaban J connectivity index is 2.91. The summed E-state index contributed by atoms with van der Waals surface area (Å²) in [5, 5.41) is 8.88. The zero-order valence-corrected chi connectivity index (χ0v) is 8.28. The molecule has 1 atom stereocenters. The van der Waals surface area contributed by atoms with E-state index in [-0.39, 0.29) is 0 Å². The number of carboxylic acid groups (broad SMARTS) is 1. The molecular formula is C9H14O2S. The molecule has 68 valence electrons. The predicted molar refractivity (Wildman–Crippen MR) is 51.4 cm³/mol. The molecule has 0 aromatic heterocycles. The van der Waals surface area contributed by atoms with Crippen LogP contribution in [0.25, 0.3) is 0 Å². The van der Waals surface area contributed by atoms with Gasteiger partial charge in [0, 0.05) is 11.3 Å². The van der Waals surface area contributed by atoms with Gasteiger partial charge in [-0.25, -0.2) is 4.79 Å². The SMILES string of the molecule is CC/C(C(=O)O)=C1\CSCC1C. The summed E-state index contributed by atoms with van der Waals surface area (Å²) in [6.07, 6.45) is 0.648. The first-order valence-electron chi connectivity index (χ1n) is 4.19. The van der Waals surface area contributed by atoms with Crippen LogP contribution in [0, 0.1) is 5.92 Å². The Morgan fingerprint density at radius 1 is 1.75 bits per heavy atom. The Morgan fingerprint density at radius 2 is 2.42 bits per heavy atom. The lowest BCUT2D eigenvalue weighted by Crippen LogP contribution is -2.07. The van der Waals surface area contributed by atoms with E-state index >= 15 is 0 Å². The molecule has 1 heterocycles. The summed E-state index contributed by atoms with van der Waals surface area (Å²) in [6.45, 7) is 4.01. The normalized spacial score (nSPS) is 27.3. The molecule has 0 aromatic rings. The first kappa shape index (κ1) is 9.65. The quantitative estimate of drug-likeness (QED) is 0.671. The number of carboxylic acids is 1. The number of aliphatic carboxylic acids is 1. The lowest BCUT2D eigenvalue weighted by molar-refractivity contribution is -0.132. The van der Waals surface area contributed by atoms with E-state index in [1.54, 1.807) is 0 Å². The zero-order valence-electron chi connectivity index (χ0n) is 7.46.